The summed E-state index contributed by atoms with van der Waals surface area (Å²) in [6, 6.07) is 1.71. The van der Waals surface area contributed by atoms with Crippen molar-refractivity contribution in [2.24, 2.45) is 0 Å². The molecule has 2 rings (SSSR count). The second-order valence-corrected chi connectivity index (χ2v) is 6.23. The maximum absolute atomic E-state index is 12.0. The number of nitrogens with one attached hydrogen (secondary N) is 1. The van der Waals surface area contributed by atoms with Crippen LogP contribution in [-0.2, 0) is 11.3 Å². The van der Waals surface area contributed by atoms with Crippen LogP contribution >= 0.6 is 11.3 Å². The van der Waals surface area contributed by atoms with Crippen molar-refractivity contribution in [1.82, 2.24) is 19.9 Å². The zero-order valence-electron chi connectivity index (χ0n) is 13.2. The number of rotatable bonds is 5. The molecule has 0 unspecified atom stereocenters. The van der Waals surface area contributed by atoms with Gasteiger partial charge in [-0.1, -0.05) is 0 Å². The molecule has 118 valence electrons. The van der Waals surface area contributed by atoms with Crippen molar-refractivity contribution < 1.29 is 4.79 Å². The standard InChI is InChI=1S/C15H20N4O2S/c1-9-7-11(3)19(15(21)17-9)6-5-13(20)18-12(4)14-16-10(2)8-22-14/h7-8,12H,5-6H2,1-4H3,(H,18,20)/t12-/m0/s1. The van der Waals surface area contributed by atoms with E-state index < -0.39 is 0 Å². The van der Waals surface area contributed by atoms with E-state index in [2.05, 4.69) is 15.3 Å². The van der Waals surface area contributed by atoms with Gasteiger partial charge < -0.3 is 5.32 Å². The van der Waals surface area contributed by atoms with Crippen LogP contribution in [0.1, 0.15) is 41.5 Å². The van der Waals surface area contributed by atoms with Crippen LogP contribution in [0.15, 0.2) is 16.2 Å². The number of aromatic nitrogens is 3. The van der Waals surface area contributed by atoms with Crippen LogP contribution in [-0.4, -0.2) is 20.4 Å². The number of amides is 1. The lowest BCUT2D eigenvalue weighted by atomic mass is 10.3. The molecule has 1 atom stereocenters. The molecular weight excluding hydrogens is 300 g/mol. The molecule has 0 fully saturated rings. The SMILES string of the molecule is Cc1csc([C@H](C)NC(=O)CCn2c(C)cc(C)nc2=O)n1. The molecule has 1 amide bonds. The zero-order valence-corrected chi connectivity index (χ0v) is 14.0. The third-order valence-electron chi connectivity index (χ3n) is 3.29. The molecular formula is C15H20N4O2S. The summed E-state index contributed by atoms with van der Waals surface area (Å²) < 4.78 is 1.52. The van der Waals surface area contributed by atoms with Gasteiger partial charge in [0.1, 0.15) is 5.01 Å². The summed E-state index contributed by atoms with van der Waals surface area (Å²) in [5.74, 6) is -0.104. The predicted molar refractivity (Wildman–Crippen MR) is 86.0 cm³/mol. The molecule has 0 aromatic carbocycles. The average Bonchev–Trinajstić information content (AvgIpc) is 2.84. The van der Waals surface area contributed by atoms with Crippen molar-refractivity contribution in [2.75, 3.05) is 0 Å². The molecule has 0 radical (unpaired) electrons. The second-order valence-electron chi connectivity index (χ2n) is 5.34. The summed E-state index contributed by atoms with van der Waals surface area (Å²) in [7, 11) is 0. The van der Waals surface area contributed by atoms with Gasteiger partial charge in [0.15, 0.2) is 0 Å². The number of hydrogen-bond donors (Lipinski definition) is 1. The van der Waals surface area contributed by atoms with Crippen LogP contribution in [0.4, 0.5) is 0 Å². The molecule has 0 bridgehead atoms. The number of carbonyl (C=O) groups is 1. The Hall–Kier alpha value is -2.02. The third kappa shape index (κ3) is 4.00. The Labute approximate surface area is 133 Å². The molecule has 7 heteroatoms. The van der Waals surface area contributed by atoms with Crippen molar-refractivity contribution >= 4 is 17.2 Å². The molecule has 0 spiro atoms. The smallest absolute Gasteiger partial charge is 0.347 e. The number of hydrogen-bond acceptors (Lipinski definition) is 5. The number of thiazole rings is 1. The molecule has 22 heavy (non-hydrogen) atoms. The van der Waals surface area contributed by atoms with Crippen LogP contribution in [0.25, 0.3) is 0 Å². The van der Waals surface area contributed by atoms with Gasteiger partial charge >= 0.3 is 5.69 Å². The van der Waals surface area contributed by atoms with Crippen LogP contribution in [0.2, 0.25) is 0 Å². The van der Waals surface area contributed by atoms with E-state index in [-0.39, 0.29) is 24.1 Å². The van der Waals surface area contributed by atoms with E-state index in [1.807, 2.05) is 32.2 Å². The van der Waals surface area contributed by atoms with Crippen LogP contribution in [0.3, 0.4) is 0 Å². The Morgan fingerprint density at radius 3 is 2.64 bits per heavy atom. The maximum atomic E-state index is 12.0. The highest BCUT2D eigenvalue weighted by Crippen LogP contribution is 2.17. The normalized spacial score (nSPS) is 12.2. The minimum Gasteiger partial charge on any atom is -0.347 e. The molecule has 0 saturated carbocycles. The summed E-state index contributed by atoms with van der Waals surface area (Å²) >= 11 is 1.53. The fourth-order valence-corrected chi connectivity index (χ4v) is 3.01. The highest BCUT2D eigenvalue weighted by Gasteiger charge is 2.13. The number of nitrogens with zero attached hydrogens (tertiary/aromatic N) is 3. The first-order valence-corrected chi connectivity index (χ1v) is 8.01. The van der Waals surface area contributed by atoms with Crippen molar-refractivity contribution in [3.05, 3.63) is 44.0 Å². The predicted octanol–water partition coefficient (Wildman–Crippen LogP) is 1.89. The Kier molecular flexibility index (Phi) is 5.07. The third-order valence-corrected chi connectivity index (χ3v) is 4.44. The molecule has 6 nitrogen and oxygen atoms in total. The molecule has 2 heterocycles. The first-order chi connectivity index (χ1) is 10.4. The molecule has 0 aliphatic carbocycles. The first kappa shape index (κ1) is 16.4. The van der Waals surface area contributed by atoms with E-state index in [9.17, 15) is 9.59 Å². The highest BCUT2D eigenvalue weighted by atomic mass is 32.1. The van der Waals surface area contributed by atoms with Gasteiger partial charge in [0.05, 0.1) is 6.04 Å². The van der Waals surface area contributed by atoms with Gasteiger partial charge in [-0.3, -0.25) is 9.36 Å². The zero-order chi connectivity index (χ0) is 16.3. The van der Waals surface area contributed by atoms with Crippen LogP contribution in [0.5, 0.6) is 0 Å². The Morgan fingerprint density at radius 1 is 1.32 bits per heavy atom. The van der Waals surface area contributed by atoms with E-state index >= 15 is 0 Å². The van der Waals surface area contributed by atoms with Crippen molar-refractivity contribution in [3.63, 3.8) is 0 Å². The van der Waals surface area contributed by atoms with E-state index in [0.29, 0.717) is 12.2 Å². The minimum atomic E-state index is -0.311. The summed E-state index contributed by atoms with van der Waals surface area (Å²) in [6.07, 6.45) is 0.236. The van der Waals surface area contributed by atoms with Gasteiger partial charge in [-0.25, -0.2) is 9.78 Å². The number of aryl methyl sites for hydroxylation is 3. The van der Waals surface area contributed by atoms with E-state index in [4.69, 9.17) is 0 Å². The molecule has 2 aromatic rings. The van der Waals surface area contributed by atoms with Crippen LogP contribution < -0.4 is 11.0 Å². The van der Waals surface area contributed by atoms with Crippen molar-refractivity contribution in [3.8, 4) is 0 Å². The fourth-order valence-electron chi connectivity index (χ4n) is 2.21. The Bertz CT molecular complexity index is 735. The summed E-state index contributed by atoms with van der Waals surface area (Å²) in [5, 5.41) is 5.75. The summed E-state index contributed by atoms with van der Waals surface area (Å²) in [5.41, 5.74) is 2.15. The van der Waals surface area contributed by atoms with Crippen molar-refractivity contribution in [2.45, 2.75) is 46.7 Å². The largest absolute Gasteiger partial charge is 0.347 e. The molecule has 2 aromatic heterocycles. The average molecular weight is 320 g/mol. The maximum Gasteiger partial charge on any atom is 0.347 e. The van der Waals surface area contributed by atoms with Gasteiger partial charge in [0.25, 0.3) is 0 Å². The molecule has 0 aliphatic rings. The lowest BCUT2D eigenvalue weighted by Crippen LogP contribution is -2.31. The van der Waals surface area contributed by atoms with E-state index in [0.717, 1.165) is 16.4 Å². The van der Waals surface area contributed by atoms with Crippen molar-refractivity contribution in [1.29, 1.82) is 0 Å². The second kappa shape index (κ2) is 6.83. The monoisotopic (exact) mass is 320 g/mol. The van der Waals surface area contributed by atoms with E-state index in [1.54, 1.807) is 6.92 Å². The fraction of sp³-hybridized carbons (Fsp3) is 0.467. The lowest BCUT2D eigenvalue weighted by Gasteiger charge is -2.13. The Morgan fingerprint density at radius 2 is 2.05 bits per heavy atom. The lowest BCUT2D eigenvalue weighted by molar-refractivity contribution is -0.122. The molecule has 1 N–H and O–H groups in total. The van der Waals surface area contributed by atoms with E-state index in [1.165, 1.54) is 15.9 Å². The highest BCUT2D eigenvalue weighted by molar-refractivity contribution is 7.09. The van der Waals surface area contributed by atoms with Crippen LogP contribution in [0, 0.1) is 20.8 Å². The van der Waals surface area contributed by atoms with Gasteiger partial charge in [-0.05, 0) is 33.8 Å². The molecule has 0 aliphatic heterocycles. The number of carbonyl (C=O) groups excluding carboxylic acids is 1. The van der Waals surface area contributed by atoms with Gasteiger partial charge in [-0.2, -0.15) is 4.98 Å². The first-order valence-electron chi connectivity index (χ1n) is 7.13. The molecule has 0 saturated heterocycles. The summed E-state index contributed by atoms with van der Waals surface area (Å²) in [6.45, 7) is 7.78. The quantitative estimate of drug-likeness (QED) is 0.912. The van der Waals surface area contributed by atoms with Gasteiger partial charge in [0, 0.05) is 35.4 Å². The topological polar surface area (TPSA) is 76.9 Å². The van der Waals surface area contributed by atoms with Gasteiger partial charge in [-0.15, -0.1) is 11.3 Å². The minimum absolute atomic E-state index is 0.104. The summed E-state index contributed by atoms with van der Waals surface area (Å²) in [4.78, 5) is 32.1. The van der Waals surface area contributed by atoms with Gasteiger partial charge in [0.2, 0.25) is 5.91 Å². The Balaban J connectivity index is 1.95.